The topological polar surface area (TPSA) is 81.7 Å². The van der Waals surface area contributed by atoms with Gasteiger partial charge >= 0.3 is 5.97 Å². The lowest BCUT2D eigenvalue weighted by Crippen LogP contribution is -2.39. The van der Waals surface area contributed by atoms with Crippen molar-refractivity contribution in [1.82, 2.24) is 14.9 Å². The number of nitrogens with one attached hydrogen (secondary N) is 1. The van der Waals surface area contributed by atoms with Crippen molar-refractivity contribution >= 4 is 11.7 Å². The SMILES string of the molecule is O=C(O)C1c2nc[nH]c2CCN1Cc1cccc(N2CCOCC2)c1. The molecule has 25 heavy (non-hydrogen) atoms. The van der Waals surface area contributed by atoms with Crippen LogP contribution in [0.1, 0.15) is 23.0 Å². The lowest BCUT2D eigenvalue weighted by atomic mass is 10.0. The first kappa shape index (κ1) is 16.1. The zero-order valence-electron chi connectivity index (χ0n) is 14.0. The van der Waals surface area contributed by atoms with Gasteiger partial charge in [-0.1, -0.05) is 12.1 Å². The molecule has 1 saturated heterocycles. The van der Waals surface area contributed by atoms with E-state index in [1.54, 1.807) is 6.33 Å². The molecule has 2 N–H and O–H groups in total. The average Bonchev–Trinajstić information content (AvgIpc) is 3.11. The molecular weight excluding hydrogens is 320 g/mol. The standard InChI is InChI=1S/C18H22N4O3/c23-18(24)17-16-15(19-12-20-16)4-5-22(17)11-13-2-1-3-14(10-13)21-6-8-25-9-7-21/h1-3,10,12,17H,4-9,11H2,(H,19,20)(H,23,24). The lowest BCUT2D eigenvalue weighted by Gasteiger charge is -2.33. The predicted octanol–water partition coefficient (Wildman–Crippen LogP) is 1.43. The van der Waals surface area contributed by atoms with Crippen LogP contribution in [0.2, 0.25) is 0 Å². The number of carboxylic acids is 1. The zero-order chi connectivity index (χ0) is 17.2. The van der Waals surface area contributed by atoms with Gasteiger partial charge in [0.1, 0.15) is 0 Å². The molecule has 7 heteroatoms. The molecule has 1 atom stereocenters. The summed E-state index contributed by atoms with van der Waals surface area (Å²) in [5.74, 6) is -0.850. The quantitative estimate of drug-likeness (QED) is 0.875. The smallest absolute Gasteiger partial charge is 0.327 e. The molecule has 0 spiro atoms. The second-order valence-corrected chi connectivity index (χ2v) is 6.50. The number of fused-ring (bicyclic) bond motifs is 1. The Balaban J connectivity index is 1.54. The average molecular weight is 342 g/mol. The molecule has 1 unspecified atom stereocenters. The summed E-state index contributed by atoms with van der Waals surface area (Å²) in [5.41, 5.74) is 3.87. The number of hydrogen-bond acceptors (Lipinski definition) is 5. The van der Waals surface area contributed by atoms with Gasteiger partial charge in [0.2, 0.25) is 0 Å². The number of aromatic nitrogens is 2. The highest BCUT2D eigenvalue weighted by molar-refractivity contribution is 5.75. The monoisotopic (exact) mass is 342 g/mol. The Morgan fingerprint density at radius 2 is 2.16 bits per heavy atom. The number of benzene rings is 1. The Morgan fingerprint density at radius 3 is 2.96 bits per heavy atom. The van der Waals surface area contributed by atoms with Gasteiger partial charge in [-0.2, -0.15) is 0 Å². The lowest BCUT2D eigenvalue weighted by molar-refractivity contribution is -0.144. The highest BCUT2D eigenvalue weighted by atomic mass is 16.5. The maximum atomic E-state index is 11.8. The Hall–Kier alpha value is -2.38. The van der Waals surface area contributed by atoms with Gasteiger partial charge in [-0.3, -0.25) is 9.69 Å². The molecule has 7 nitrogen and oxygen atoms in total. The van der Waals surface area contributed by atoms with E-state index in [9.17, 15) is 9.90 Å². The van der Waals surface area contributed by atoms with Crippen LogP contribution >= 0.6 is 0 Å². The minimum Gasteiger partial charge on any atom is -0.480 e. The van der Waals surface area contributed by atoms with Crippen LogP contribution in [0.3, 0.4) is 0 Å². The Morgan fingerprint density at radius 1 is 1.32 bits per heavy atom. The molecule has 2 aliphatic rings. The molecular formula is C18H22N4O3. The van der Waals surface area contributed by atoms with E-state index in [0.717, 1.165) is 44.0 Å². The minimum atomic E-state index is -0.850. The van der Waals surface area contributed by atoms with E-state index in [2.05, 4.69) is 33.1 Å². The second-order valence-electron chi connectivity index (χ2n) is 6.50. The van der Waals surface area contributed by atoms with Crippen molar-refractivity contribution in [3.8, 4) is 0 Å². The van der Waals surface area contributed by atoms with Crippen molar-refractivity contribution < 1.29 is 14.6 Å². The Kier molecular flexibility index (Phi) is 4.42. The van der Waals surface area contributed by atoms with Crippen LogP contribution in [0.15, 0.2) is 30.6 Å². The van der Waals surface area contributed by atoms with Crippen molar-refractivity contribution in [2.24, 2.45) is 0 Å². The van der Waals surface area contributed by atoms with E-state index in [4.69, 9.17) is 4.74 Å². The summed E-state index contributed by atoms with van der Waals surface area (Å²) in [6.45, 7) is 4.58. The summed E-state index contributed by atoms with van der Waals surface area (Å²) >= 11 is 0. The van der Waals surface area contributed by atoms with Crippen LogP contribution in [0.5, 0.6) is 0 Å². The molecule has 1 aromatic heterocycles. The van der Waals surface area contributed by atoms with Gasteiger partial charge in [-0.15, -0.1) is 0 Å². The fraction of sp³-hybridized carbons (Fsp3) is 0.444. The number of carboxylic acid groups (broad SMARTS) is 1. The van der Waals surface area contributed by atoms with E-state index in [1.807, 2.05) is 11.0 Å². The fourth-order valence-corrected chi connectivity index (χ4v) is 3.68. The van der Waals surface area contributed by atoms with Gasteiger partial charge in [-0.05, 0) is 17.7 Å². The van der Waals surface area contributed by atoms with Gasteiger partial charge in [-0.25, -0.2) is 4.98 Å². The fourth-order valence-electron chi connectivity index (χ4n) is 3.68. The second kappa shape index (κ2) is 6.85. The van der Waals surface area contributed by atoms with Crippen molar-refractivity contribution in [3.63, 3.8) is 0 Å². The van der Waals surface area contributed by atoms with Crippen LogP contribution in [-0.4, -0.2) is 58.8 Å². The largest absolute Gasteiger partial charge is 0.480 e. The molecule has 0 aliphatic carbocycles. The summed E-state index contributed by atoms with van der Waals surface area (Å²) in [6.07, 6.45) is 2.38. The number of H-pyrrole nitrogens is 1. The molecule has 2 aromatic rings. The number of ether oxygens (including phenoxy) is 1. The number of carbonyl (C=O) groups is 1. The van der Waals surface area contributed by atoms with E-state index in [-0.39, 0.29) is 0 Å². The molecule has 0 saturated carbocycles. The summed E-state index contributed by atoms with van der Waals surface area (Å²) in [4.78, 5) is 23.4. The maximum Gasteiger partial charge on any atom is 0.327 e. The van der Waals surface area contributed by atoms with Crippen LogP contribution in [-0.2, 0) is 22.5 Å². The van der Waals surface area contributed by atoms with Gasteiger partial charge < -0.3 is 19.7 Å². The Labute approximate surface area is 146 Å². The van der Waals surface area contributed by atoms with Crippen molar-refractivity contribution in [2.75, 3.05) is 37.7 Å². The minimum absolute atomic E-state index is 0.599. The first-order valence-corrected chi connectivity index (χ1v) is 8.63. The predicted molar refractivity (Wildman–Crippen MR) is 92.6 cm³/mol. The highest BCUT2D eigenvalue weighted by Gasteiger charge is 2.35. The van der Waals surface area contributed by atoms with Gasteiger partial charge in [0.15, 0.2) is 6.04 Å². The third kappa shape index (κ3) is 3.25. The molecule has 3 heterocycles. The number of rotatable bonds is 4. The third-order valence-electron chi connectivity index (χ3n) is 4.93. The van der Waals surface area contributed by atoms with E-state index >= 15 is 0 Å². The molecule has 1 aromatic carbocycles. The molecule has 0 amide bonds. The van der Waals surface area contributed by atoms with Crippen LogP contribution in [0.4, 0.5) is 5.69 Å². The summed E-state index contributed by atoms with van der Waals surface area (Å²) < 4.78 is 5.41. The highest BCUT2D eigenvalue weighted by Crippen LogP contribution is 2.29. The molecule has 4 rings (SSSR count). The van der Waals surface area contributed by atoms with E-state index < -0.39 is 12.0 Å². The van der Waals surface area contributed by atoms with E-state index in [1.165, 1.54) is 5.69 Å². The number of imidazole rings is 1. The van der Waals surface area contributed by atoms with Crippen LogP contribution in [0, 0.1) is 0 Å². The Bertz CT molecular complexity index is 754. The van der Waals surface area contributed by atoms with Gasteiger partial charge in [0.25, 0.3) is 0 Å². The summed E-state index contributed by atoms with van der Waals surface area (Å²) in [6, 6.07) is 7.67. The number of anilines is 1. The number of aliphatic carboxylic acids is 1. The van der Waals surface area contributed by atoms with Gasteiger partial charge in [0, 0.05) is 44.0 Å². The van der Waals surface area contributed by atoms with E-state index in [0.29, 0.717) is 18.8 Å². The number of nitrogens with zero attached hydrogens (tertiary/aromatic N) is 3. The van der Waals surface area contributed by atoms with Crippen molar-refractivity contribution in [3.05, 3.63) is 47.5 Å². The zero-order valence-corrected chi connectivity index (χ0v) is 14.0. The van der Waals surface area contributed by atoms with Crippen molar-refractivity contribution in [1.29, 1.82) is 0 Å². The first-order chi connectivity index (χ1) is 12.2. The number of morpholine rings is 1. The molecule has 0 bridgehead atoms. The molecule has 0 radical (unpaired) electrons. The number of hydrogen-bond donors (Lipinski definition) is 2. The third-order valence-corrected chi connectivity index (χ3v) is 4.93. The molecule has 2 aliphatic heterocycles. The number of aromatic amines is 1. The molecule has 132 valence electrons. The molecule has 1 fully saturated rings. The summed E-state index contributed by atoms with van der Waals surface area (Å²) in [7, 11) is 0. The van der Waals surface area contributed by atoms with Crippen molar-refractivity contribution in [2.45, 2.75) is 19.0 Å². The maximum absolute atomic E-state index is 11.8. The normalized spacial score (nSPS) is 21.1. The van der Waals surface area contributed by atoms with Gasteiger partial charge in [0.05, 0.1) is 25.2 Å². The van der Waals surface area contributed by atoms with Crippen LogP contribution in [0.25, 0.3) is 0 Å². The van der Waals surface area contributed by atoms with Crippen LogP contribution < -0.4 is 4.90 Å². The first-order valence-electron chi connectivity index (χ1n) is 8.63. The summed E-state index contributed by atoms with van der Waals surface area (Å²) in [5, 5.41) is 9.69.